The van der Waals surface area contributed by atoms with E-state index in [-0.39, 0.29) is 5.91 Å². The molecule has 1 fully saturated rings. The Balaban J connectivity index is 1.87. The molecule has 1 aromatic heterocycles. The number of carbonyl (C=O) groups excluding carboxylic acids is 1. The monoisotopic (exact) mass is 306 g/mol. The number of hydrogen-bond donors (Lipinski definition) is 2. The fourth-order valence-electron chi connectivity index (χ4n) is 2.70. The summed E-state index contributed by atoms with van der Waals surface area (Å²) in [5.41, 5.74) is 2.01. The average Bonchev–Trinajstić information content (AvgIpc) is 2.56. The molecule has 0 aliphatic carbocycles. The highest BCUT2D eigenvalue weighted by molar-refractivity contribution is 5.77. The van der Waals surface area contributed by atoms with Crippen LogP contribution < -0.4 is 10.6 Å². The number of rotatable bonds is 6. The van der Waals surface area contributed by atoms with Crippen LogP contribution in [-0.4, -0.2) is 58.7 Å². The third-order valence-electron chi connectivity index (χ3n) is 4.08. The summed E-state index contributed by atoms with van der Waals surface area (Å²) < 4.78 is 0. The predicted octanol–water partition coefficient (Wildman–Crippen LogP) is 0.619. The molecule has 1 saturated heterocycles. The van der Waals surface area contributed by atoms with Crippen molar-refractivity contribution in [3.63, 3.8) is 0 Å². The van der Waals surface area contributed by atoms with Crippen LogP contribution in [-0.2, 0) is 17.6 Å². The van der Waals surface area contributed by atoms with Gasteiger partial charge in [0.05, 0.1) is 17.9 Å². The van der Waals surface area contributed by atoms with E-state index in [1.807, 2.05) is 0 Å². The summed E-state index contributed by atoms with van der Waals surface area (Å²) in [4.78, 5) is 18.1. The van der Waals surface area contributed by atoms with Gasteiger partial charge in [-0.15, -0.1) is 5.10 Å². The number of carbonyl (C=O) groups is 1. The van der Waals surface area contributed by atoms with Crippen LogP contribution in [0.1, 0.15) is 38.1 Å². The molecule has 1 amide bonds. The second-order valence-electron chi connectivity index (χ2n) is 5.60. The lowest BCUT2D eigenvalue weighted by molar-refractivity contribution is -0.122. The Labute approximate surface area is 131 Å². The number of anilines is 1. The number of likely N-dealkylation sites (N-methyl/N-ethyl adjacent to an activating group) is 1. The Morgan fingerprint density at radius 1 is 1.18 bits per heavy atom. The van der Waals surface area contributed by atoms with E-state index in [0.717, 1.165) is 50.2 Å². The molecule has 1 aromatic rings. The van der Waals surface area contributed by atoms with Gasteiger partial charge in [-0.2, -0.15) is 5.10 Å². The number of piperidine rings is 1. The standard InChI is InChI=1S/C15H26N6O/c1-4-12-13(5-2)19-20-15(18-12)17-11-6-8-21(9-7-11)10-14(22)16-3/h11H,4-10H2,1-3H3,(H,16,22)(H,17,18,20). The van der Waals surface area contributed by atoms with Crippen LogP contribution in [0.25, 0.3) is 0 Å². The normalized spacial score (nSPS) is 16.5. The Morgan fingerprint density at radius 3 is 2.45 bits per heavy atom. The van der Waals surface area contributed by atoms with Crippen LogP contribution in [0, 0.1) is 0 Å². The Hall–Kier alpha value is -1.76. The molecule has 0 aromatic carbocycles. The minimum Gasteiger partial charge on any atom is -0.358 e. The Kier molecular flexibility index (Phi) is 6.06. The number of likely N-dealkylation sites (tertiary alicyclic amines) is 1. The number of aryl methyl sites for hydroxylation is 2. The van der Waals surface area contributed by atoms with Gasteiger partial charge in [0, 0.05) is 26.2 Å². The SMILES string of the molecule is CCc1nnc(NC2CCN(CC(=O)NC)CC2)nc1CC. The van der Waals surface area contributed by atoms with Gasteiger partial charge in [0.15, 0.2) is 0 Å². The first-order valence-corrected chi connectivity index (χ1v) is 8.08. The molecule has 7 heteroatoms. The first kappa shape index (κ1) is 16.6. The van der Waals surface area contributed by atoms with E-state index in [0.29, 0.717) is 18.5 Å². The maximum atomic E-state index is 11.4. The van der Waals surface area contributed by atoms with Crippen molar-refractivity contribution in [2.75, 3.05) is 32.0 Å². The molecule has 0 saturated carbocycles. The highest BCUT2D eigenvalue weighted by Crippen LogP contribution is 2.15. The lowest BCUT2D eigenvalue weighted by Gasteiger charge is -2.31. The molecule has 0 spiro atoms. The molecule has 122 valence electrons. The minimum absolute atomic E-state index is 0.0710. The summed E-state index contributed by atoms with van der Waals surface area (Å²) >= 11 is 0. The van der Waals surface area contributed by atoms with E-state index in [9.17, 15) is 4.79 Å². The van der Waals surface area contributed by atoms with Crippen molar-refractivity contribution in [3.8, 4) is 0 Å². The third-order valence-corrected chi connectivity index (χ3v) is 4.08. The van der Waals surface area contributed by atoms with Gasteiger partial charge in [-0.05, 0) is 25.7 Å². The average molecular weight is 306 g/mol. The zero-order chi connectivity index (χ0) is 15.9. The van der Waals surface area contributed by atoms with Crippen LogP contribution in [0.4, 0.5) is 5.95 Å². The van der Waals surface area contributed by atoms with Crippen molar-refractivity contribution in [3.05, 3.63) is 11.4 Å². The van der Waals surface area contributed by atoms with E-state index < -0.39 is 0 Å². The van der Waals surface area contributed by atoms with Crippen molar-refractivity contribution in [2.45, 2.75) is 45.6 Å². The minimum atomic E-state index is 0.0710. The van der Waals surface area contributed by atoms with E-state index >= 15 is 0 Å². The van der Waals surface area contributed by atoms with Crippen molar-refractivity contribution in [1.29, 1.82) is 0 Å². The van der Waals surface area contributed by atoms with E-state index in [4.69, 9.17) is 0 Å². The highest BCUT2D eigenvalue weighted by Gasteiger charge is 2.21. The number of aromatic nitrogens is 3. The van der Waals surface area contributed by atoms with Gasteiger partial charge in [0.1, 0.15) is 0 Å². The summed E-state index contributed by atoms with van der Waals surface area (Å²) in [6.45, 7) is 6.45. The largest absolute Gasteiger partial charge is 0.358 e. The summed E-state index contributed by atoms with van der Waals surface area (Å²) in [5.74, 6) is 0.695. The van der Waals surface area contributed by atoms with Crippen LogP contribution in [0.3, 0.4) is 0 Å². The zero-order valence-corrected chi connectivity index (χ0v) is 13.7. The van der Waals surface area contributed by atoms with Gasteiger partial charge in [0.25, 0.3) is 0 Å². The van der Waals surface area contributed by atoms with Gasteiger partial charge in [-0.25, -0.2) is 4.98 Å². The van der Waals surface area contributed by atoms with Crippen LogP contribution in [0.2, 0.25) is 0 Å². The quantitative estimate of drug-likeness (QED) is 0.801. The predicted molar refractivity (Wildman–Crippen MR) is 85.7 cm³/mol. The summed E-state index contributed by atoms with van der Waals surface area (Å²) in [6.07, 6.45) is 3.70. The van der Waals surface area contributed by atoms with Crippen LogP contribution in [0.15, 0.2) is 0 Å². The maximum absolute atomic E-state index is 11.4. The lowest BCUT2D eigenvalue weighted by atomic mass is 10.1. The molecular weight excluding hydrogens is 280 g/mol. The summed E-state index contributed by atoms with van der Waals surface area (Å²) in [6, 6.07) is 0.347. The smallest absolute Gasteiger partial charge is 0.243 e. The molecule has 22 heavy (non-hydrogen) atoms. The van der Waals surface area contributed by atoms with Gasteiger partial charge >= 0.3 is 0 Å². The van der Waals surface area contributed by atoms with Crippen molar-refractivity contribution >= 4 is 11.9 Å². The second-order valence-corrected chi connectivity index (χ2v) is 5.60. The summed E-state index contributed by atoms with van der Waals surface area (Å²) in [7, 11) is 1.67. The molecule has 1 aliphatic heterocycles. The highest BCUT2D eigenvalue weighted by atomic mass is 16.1. The number of amides is 1. The number of hydrogen-bond acceptors (Lipinski definition) is 6. The Bertz CT molecular complexity index is 499. The molecule has 7 nitrogen and oxygen atoms in total. The van der Waals surface area contributed by atoms with Crippen molar-refractivity contribution in [1.82, 2.24) is 25.4 Å². The fraction of sp³-hybridized carbons (Fsp3) is 0.733. The zero-order valence-electron chi connectivity index (χ0n) is 13.7. The van der Waals surface area contributed by atoms with Gasteiger partial charge < -0.3 is 10.6 Å². The molecule has 0 bridgehead atoms. The molecule has 2 heterocycles. The molecule has 0 radical (unpaired) electrons. The maximum Gasteiger partial charge on any atom is 0.243 e. The molecule has 2 rings (SSSR count). The first-order chi connectivity index (χ1) is 10.7. The first-order valence-electron chi connectivity index (χ1n) is 8.08. The van der Waals surface area contributed by atoms with Gasteiger partial charge in [-0.3, -0.25) is 9.69 Å². The van der Waals surface area contributed by atoms with E-state index in [1.54, 1.807) is 7.05 Å². The summed E-state index contributed by atoms with van der Waals surface area (Å²) in [5, 5.41) is 14.5. The fourth-order valence-corrected chi connectivity index (χ4v) is 2.70. The van der Waals surface area contributed by atoms with Gasteiger partial charge in [-0.1, -0.05) is 13.8 Å². The van der Waals surface area contributed by atoms with E-state index in [2.05, 4.69) is 44.6 Å². The number of nitrogens with zero attached hydrogens (tertiary/aromatic N) is 4. The van der Waals surface area contributed by atoms with Crippen LogP contribution in [0.5, 0.6) is 0 Å². The second kappa shape index (κ2) is 8.03. The van der Waals surface area contributed by atoms with Gasteiger partial charge in [0.2, 0.25) is 11.9 Å². The Morgan fingerprint density at radius 2 is 1.86 bits per heavy atom. The molecule has 1 aliphatic rings. The van der Waals surface area contributed by atoms with Crippen LogP contribution >= 0.6 is 0 Å². The van der Waals surface area contributed by atoms with E-state index in [1.165, 1.54) is 0 Å². The topological polar surface area (TPSA) is 83.0 Å². The third kappa shape index (κ3) is 4.37. The number of nitrogens with one attached hydrogen (secondary N) is 2. The molecular formula is C15H26N6O. The van der Waals surface area contributed by atoms with Crippen molar-refractivity contribution in [2.24, 2.45) is 0 Å². The lowest BCUT2D eigenvalue weighted by Crippen LogP contribution is -2.43. The molecule has 2 N–H and O–H groups in total. The molecule has 0 unspecified atom stereocenters. The molecule has 0 atom stereocenters. The van der Waals surface area contributed by atoms with Crippen molar-refractivity contribution < 1.29 is 4.79 Å².